The molecule has 1 aliphatic rings. The average molecular weight is 298 g/mol. The molecule has 0 unspecified atom stereocenters. The third kappa shape index (κ3) is 5.67. The Kier molecular flexibility index (Phi) is 5.92. The number of carbonyl (C=O) groups is 1. The molecular weight excluding hydrogens is 278 g/mol. The quantitative estimate of drug-likeness (QED) is 0.845. The van der Waals surface area contributed by atoms with Crippen LogP contribution in [-0.2, 0) is 11.2 Å². The van der Waals surface area contributed by atoms with Gasteiger partial charge in [0, 0.05) is 12.5 Å². The van der Waals surface area contributed by atoms with E-state index in [0.717, 1.165) is 31.5 Å². The molecule has 0 aromatic heterocycles. The number of hydrogen-bond acceptors (Lipinski definition) is 3. The van der Waals surface area contributed by atoms with E-state index in [1.165, 1.54) is 12.1 Å². The molecule has 6 heteroatoms. The van der Waals surface area contributed by atoms with Crippen LogP contribution in [-0.4, -0.2) is 31.7 Å². The highest BCUT2D eigenvalue weighted by Crippen LogP contribution is 2.15. The molecule has 1 fully saturated rings. The van der Waals surface area contributed by atoms with Gasteiger partial charge in [-0.3, -0.25) is 4.79 Å². The Morgan fingerprint density at radius 3 is 2.57 bits per heavy atom. The smallest absolute Gasteiger partial charge is 0.387 e. The first kappa shape index (κ1) is 15.7. The van der Waals surface area contributed by atoms with E-state index in [0.29, 0.717) is 12.8 Å². The molecule has 1 amide bonds. The van der Waals surface area contributed by atoms with Crippen molar-refractivity contribution in [2.75, 3.05) is 13.1 Å². The third-order valence-corrected chi connectivity index (χ3v) is 3.49. The zero-order valence-electron chi connectivity index (χ0n) is 11.8. The van der Waals surface area contributed by atoms with Crippen molar-refractivity contribution in [3.05, 3.63) is 29.8 Å². The minimum atomic E-state index is -2.81. The van der Waals surface area contributed by atoms with Gasteiger partial charge in [-0.15, -0.1) is 0 Å². The highest BCUT2D eigenvalue weighted by Gasteiger charge is 2.15. The second kappa shape index (κ2) is 7.93. The number of amides is 1. The fourth-order valence-corrected chi connectivity index (χ4v) is 2.36. The minimum Gasteiger partial charge on any atom is -0.435 e. The highest BCUT2D eigenvalue weighted by molar-refractivity contribution is 5.76. The summed E-state index contributed by atoms with van der Waals surface area (Å²) in [6.07, 6.45) is 2.92. The number of aryl methyl sites for hydroxylation is 1. The third-order valence-electron chi connectivity index (χ3n) is 3.49. The van der Waals surface area contributed by atoms with Crippen LogP contribution in [0, 0.1) is 0 Å². The second-order valence-corrected chi connectivity index (χ2v) is 5.11. The van der Waals surface area contributed by atoms with Crippen molar-refractivity contribution in [3.63, 3.8) is 0 Å². The van der Waals surface area contributed by atoms with E-state index in [9.17, 15) is 13.6 Å². The zero-order valence-corrected chi connectivity index (χ0v) is 11.8. The SMILES string of the molecule is O=C(CCc1ccc(OC(F)F)cc1)NC1CCNCC1. The Bertz CT molecular complexity index is 445. The van der Waals surface area contributed by atoms with Crippen molar-refractivity contribution in [2.24, 2.45) is 0 Å². The number of benzene rings is 1. The maximum absolute atomic E-state index is 12.0. The van der Waals surface area contributed by atoms with Crippen molar-refractivity contribution >= 4 is 5.91 Å². The van der Waals surface area contributed by atoms with Gasteiger partial charge in [-0.1, -0.05) is 12.1 Å². The topological polar surface area (TPSA) is 50.4 Å². The molecule has 0 radical (unpaired) electrons. The summed E-state index contributed by atoms with van der Waals surface area (Å²) in [6.45, 7) is -0.931. The van der Waals surface area contributed by atoms with Crippen LogP contribution < -0.4 is 15.4 Å². The van der Waals surface area contributed by atoms with Crippen LogP contribution in [0.5, 0.6) is 5.75 Å². The molecule has 0 bridgehead atoms. The zero-order chi connectivity index (χ0) is 15.1. The van der Waals surface area contributed by atoms with Crippen LogP contribution >= 0.6 is 0 Å². The first-order chi connectivity index (χ1) is 10.1. The highest BCUT2D eigenvalue weighted by atomic mass is 19.3. The molecule has 0 atom stereocenters. The lowest BCUT2D eigenvalue weighted by Gasteiger charge is -2.23. The molecule has 1 aliphatic heterocycles. The normalized spacial score (nSPS) is 16.0. The molecule has 1 saturated heterocycles. The number of nitrogens with one attached hydrogen (secondary N) is 2. The number of piperidine rings is 1. The van der Waals surface area contributed by atoms with Crippen LogP contribution in [0.3, 0.4) is 0 Å². The van der Waals surface area contributed by atoms with E-state index in [4.69, 9.17) is 0 Å². The summed E-state index contributed by atoms with van der Waals surface area (Å²) < 4.78 is 28.3. The van der Waals surface area contributed by atoms with Gasteiger partial charge in [-0.05, 0) is 50.0 Å². The van der Waals surface area contributed by atoms with Gasteiger partial charge >= 0.3 is 6.61 Å². The summed E-state index contributed by atoms with van der Waals surface area (Å²) in [5.74, 6) is 0.169. The molecule has 2 rings (SSSR count). The summed E-state index contributed by atoms with van der Waals surface area (Å²) in [4.78, 5) is 11.8. The standard InChI is InChI=1S/C15H20F2N2O2/c16-15(17)21-13-4-1-11(2-5-13)3-6-14(20)19-12-7-9-18-10-8-12/h1-2,4-5,12,15,18H,3,6-10H2,(H,19,20). The van der Waals surface area contributed by atoms with Crippen LogP contribution in [0.2, 0.25) is 0 Å². The number of carbonyl (C=O) groups excluding carboxylic acids is 1. The summed E-state index contributed by atoms with van der Waals surface area (Å²) in [5, 5.41) is 6.27. The Labute approximate surface area is 122 Å². The summed E-state index contributed by atoms with van der Waals surface area (Å²) >= 11 is 0. The van der Waals surface area contributed by atoms with Crippen molar-refractivity contribution in [2.45, 2.75) is 38.3 Å². The van der Waals surface area contributed by atoms with Gasteiger partial charge in [-0.25, -0.2) is 0 Å². The van der Waals surface area contributed by atoms with Crippen molar-refractivity contribution in [1.82, 2.24) is 10.6 Å². The molecule has 0 saturated carbocycles. The van der Waals surface area contributed by atoms with Crippen molar-refractivity contribution in [1.29, 1.82) is 0 Å². The lowest BCUT2D eigenvalue weighted by Crippen LogP contribution is -2.42. The Hall–Kier alpha value is -1.69. The van der Waals surface area contributed by atoms with E-state index >= 15 is 0 Å². The van der Waals surface area contributed by atoms with Crippen LogP contribution in [0.1, 0.15) is 24.8 Å². The van der Waals surface area contributed by atoms with Gasteiger partial charge in [0.15, 0.2) is 0 Å². The van der Waals surface area contributed by atoms with Gasteiger partial charge in [0.25, 0.3) is 0 Å². The Morgan fingerprint density at radius 2 is 1.95 bits per heavy atom. The van der Waals surface area contributed by atoms with E-state index in [2.05, 4.69) is 15.4 Å². The van der Waals surface area contributed by atoms with E-state index in [1.54, 1.807) is 12.1 Å². The van der Waals surface area contributed by atoms with Gasteiger partial charge in [0.2, 0.25) is 5.91 Å². The lowest BCUT2D eigenvalue weighted by atomic mass is 10.1. The summed E-state index contributed by atoms with van der Waals surface area (Å²) in [7, 11) is 0. The molecule has 4 nitrogen and oxygen atoms in total. The number of alkyl halides is 2. The molecule has 0 spiro atoms. The van der Waals surface area contributed by atoms with E-state index < -0.39 is 6.61 Å². The van der Waals surface area contributed by atoms with Gasteiger partial charge < -0.3 is 15.4 Å². The van der Waals surface area contributed by atoms with Gasteiger partial charge in [0.05, 0.1) is 0 Å². The molecule has 2 N–H and O–H groups in total. The second-order valence-electron chi connectivity index (χ2n) is 5.11. The van der Waals surface area contributed by atoms with E-state index in [1.807, 2.05) is 0 Å². The van der Waals surface area contributed by atoms with Crippen molar-refractivity contribution in [3.8, 4) is 5.75 Å². The molecule has 21 heavy (non-hydrogen) atoms. The van der Waals surface area contributed by atoms with Crippen LogP contribution in [0.4, 0.5) is 8.78 Å². The van der Waals surface area contributed by atoms with Gasteiger partial charge in [0.1, 0.15) is 5.75 Å². The summed E-state index contributed by atoms with van der Waals surface area (Å²) in [5.41, 5.74) is 0.928. The molecule has 0 aliphatic carbocycles. The first-order valence-electron chi connectivity index (χ1n) is 7.17. The van der Waals surface area contributed by atoms with Crippen LogP contribution in [0.15, 0.2) is 24.3 Å². The average Bonchev–Trinajstić information content (AvgIpc) is 2.47. The number of hydrogen-bond donors (Lipinski definition) is 2. The Balaban J connectivity index is 1.73. The number of rotatable bonds is 6. The first-order valence-corrected chi connectivity index (χ1v) is 7.17. The molecule has 1 aromatic carbocycles. The molecule has 116 valence electrons. The fraction of sp³-hybridized carbons (Fsp3) is 0.533. The monoisotopic (exact) mass is 298 g/mol. The number of ether oxygens (including phenoxy) is 1. The summed E-state index contributed by atoms with van der Waals surface area (Å²) in [6, 6.07) is 6.66. The van der Waals surface area contributed by atoms with Gasteiger partial charge in [-0.2, -0.15) is 8.78 Å². The van der Waals surface area contributed by atoms with Crippen LogP contribution in [0.25, 0.3) is 0 Å². The molecule has 1 aromatic rings. The predicted molar refractivity (Wildman–Crippen MR) is 75.4 cm³/mol. The number of halogens is 2. The minimum absolute atomic E-state index is 0.0369. The Morgan fingerprint density at radius 1 is 1.29 bits per heavy atom. The largest absolute Gasteiger partial charge is 0.435 e. The van der Waals surface area contributed by atoms with Crippen molar-refractivity contribution < 1.29 is 18.3 Å². The maximum atomic E-state index is 12.0. The maximum Gasteiger partial charge on any atom is 0.387 e. The lowest BCUT2D eigenvalue weighted by molar-refractivity contribution is -0.121. The molecule has 1 heterocycles. The van der Waals surface area contributed by atoms with E-state index in [-0.39, 0.29) is 17.7 Å². The predicted octanol–water partition coefficient (Wildman–Crippen LogP) is 2.09. The fourth-order valence-electron chi connectivity index (χ4n) is 2.36. The molecular formula is C15H20F2N2O2.